The van der Waals surface area contributed by atoms with Crippen LogP contribution in [-0.4, -0.2) is 12.0 Å². The number of aryl methyl sites for hydroxylation is 1. The first-order valence-corrected chi connectivity index (χ1v) is 8.85. The molecule has 4 rings (SSSR count). The van der Waals surface area contributed by atoms with Gasteiger partial charge in [0, 0.05) is 29.6 Å². The van der Waals surface area contributed by atoms with Gasteiger partial charge in [-0.3, -0.25) is 4.79 Å². The Morgan fingerprint density at radius 1 is 1.27 bits per heavy atom. The molecule has 0 radical (unpaired) electrons. The van der Waals surface area contributed by atoms with Gasteiger partial charge >= 0.3 is 5.97 Å². The number of rotatable bonds is 4. The number of esters is 1. The summed E-state index contributed by atoms with van der Waals surface area (Å²) in [5, 5.41) is 3.76. The lowest BCUT2D eigenvalue weighted by Crippen LogP contribution is -2.43. The summed E-state index contributed by atoms with van der Waals surface area (Å²) in [6, 6.07) is 7.20. The van der Waals surface area contributed by atoms with Crippen LogP contribution < -0.4 is 5.32 Å². The van der Waals surface area contributed by atoms with Crippen LogP contribution in [0.15, 0.2) is 18.2 Å². The summed E-state index contributed by atoms with van der Waals surface area (Å²) in [6.45, 7) is 2.22. The normalized spacial score (nSPS) is 30.0. The summed E-state index contributed by atoms with van der Waals surface area (Å²) in [7, 11) is 0. The highest BCUT2D eigenvalue weighted by Crippen LogP contribution is 2.50. The number of carbonyl (C=O) groups is 1. The van der Waals surface area contributed by atoms with Crippen molar-refractivity contribution in [2.45, 2.75) is 64.0 Å². The van der Waals surface area contributed by atoms with Crippen LogP contribution in [0.3, 0.4) is 0 Å². The molecule has 2 fully saturated rings. The third-order valence-corrected chi connectivity index (χ3v) is 5.48. The fourth-order valence-electron chi connectivity index (χ4n) is 4.11. The van der Waals surface area contributed by atoms with Crippen molar-refractivity contribution in [2.75, 3.05) is 5.32 Å². The van der Waals surface area contributed by atoms with E-state index in [2.05, 4.69) is 30.4 Å². The Balaban J connectivity index is 1.67. The van der Waals surface area contributed by atoms with Crippen molar-refractivity contribution in [3.8, 4) is 0 Å². The lowest BCUT2D eigenvalue weighted by atomic mass is 9.77. The quantitative estimate of drug-likeness (QED) is 0.846. The largest absolute Gasteiger partial charge is 0.457 e. The second-order valence-electron chi connectivity index (χ2n) is 7.15. The fraction of sp³-hybridized carbons (Fsp3) is 0.632. The molecule has 22 heavy (non-hydrogen) atoms. The average molecular weight is 299 g/mol. The van der Waals surface area contributed by atoms with Crippen LogP contribution in [0, 0.1) is 11.8 Å². The summed E-state index contributed by atoms with van der Waals surface area (Å²) in [5.41, 5.74) is 3.77. The molecule has 1 saturated heterocycles. The third kappa shape index (κ3) is 2.51. The lowest BCUT2D eigenvalue weighted by Gasteiger charge is -2.43. The molecule has 1 aromatic carbocycles. The molecule has 1 aliphatic carbocycles. The molecule has 0 bridgehead atoms. The van der Waals surface area contributed by atoms with Gasteiger partial charge < -0.3 is 10.1 Å². The smallest absolute Gasteiger partial charge is 0.306 e. The van der Waals surface area contributed by atoms with Crippen LogP contribution in [0.25, 0.3) is 0 Å². The number of fused-ring (bicyclic) bond motifs is 3. The van der Waals surface area contributed by atoms with E-state index in [1.54, 1.807) is 0 Å². The number of nitrogens with one attached hydrogen (secondary N) is 1. The van der Waals surface area contributed by atoms with Gasteiger partial charge in [0.25, 0.3) is 0 Å². The van der Waals surface area contributed by atoms with Crippen molar-refractivity contribution in [3.63, 3.8) is 0 Å². The first-order chi connectivity index (χ1) is 10.8. The van der Waals surface area contributed by atoms with E-state index >= 15 is 0 Å². The molecule has 1 N–H and O–H groups in total. The number of carbonyl (C=O) groups excluding carboxylic acids is 1. The Hall–Kier alpha value is -1.51. The van der Waals surface area contributed by atoms with E-state index in [0.717, 1.165) is 18.8 Å². The van der Waals surface area contributed by atoms with Crippen molar-refractivity contribution in [1.82, 2.24) is 0 Å². The molecule has 3 heteroatoms. The van der Waals surface area contributed by atoms with Crippen LogP contribution in [-0.2, 0) is 16.0 Å². The van der Waals surface area contributed by atoms with Crippen LogP contribution in [0.4, 0.5) is 5.69 Å². The van der Waals surface area contributed by atoms with Gasteiger partial charge in [-0.15, -0.1) is 0 Å². The molecule has 3 atom stereocenters. The maximum Gasteiger partial charge on any atom is 0.306 e. The van der Waals surface area contributed by atoms with Gasteiger partial charge in [0.1, 0.15) is 6.10 Å². The fourth-order valence-corrected chi connectivity index (χ4v) is 4.11. The van der Waals surface area contributed by atoms with Gasteiger partial charge in [0.15, 0.2) is 0 Å². The van der Waals surface area contributed by atoms with Gasteiger partial charge in [-0.05, 0) is 49.7 Å². The van der Waals surface area contributed by atoms with E-state index in [4.69, 9.17) is 4.74 Å². The average Bonchev–Trinajstić information content (AvgIpc) is 3.36. The maximum absolute atomic E-state index is 11.8. The van der Waals surface area contributed by atoms with E-state index in [0.29, 0.717) is 18.4 Å². The van der Waals surface area contributed by atoms with Gasteiger partial charge in [-0.1, -0.05) is 25.5 Å². The van der Waals surface area contributed by atoms with Crippen LogP contribution in [0.5, 0.6) is 0 Å². The molecule has 1 saturated carbocycles. The van der Waals surface area contributed by atoms with Gasteiger partial charge in [-0.25, -0.2) is 0 Å². The molecule has 3 nitrogen and oxygen atoms in total. The highest BCUT2D eigenvalue weighted by atomic mass is 16.5. The Kier molecular flexibility index (Phi) is 3.59. The monoisotopic (exact) mass is 299 g/mol. The minimum atomic E-state index is -0.0254. The third-order valence-electron chi connectivity index (χ3n) is 5.48. The molecular weight excluding hydrogens is 274 g/mol. The molecule has 2 aliphatic heterocycles. The van der Waals surface area contributed by atoms with Crippen LogP contribution >= 0.6 is 0 Å². The Bertz CT molecular complexity index is 579. The second kappa shape index (κ2) is 5.60. The number of hydrogen-bond acceptors (Lipinski definition) is 3. The number of ether oxygens (including phenoxy) is 1. The first-order valence-electron chi connectivity index (χ1n) is 8.85. The predicted molar refractivity (Wildman–Crippen MR) is 86.7 cm³/mol. The van der Waals surface area contributed by atoms with Crippen molar-refractivity contribution >= 4 is 11.7 Å². The molecule has 3 aliphatic rings. The van der Waals surface area contributed by atoms with E-state index in [1.807, 2.05) is 0 Å². The standard InChI is InChI=1S/C19H25NO2/c1-2-3-4-12-5-9-16-15(11-12)19-14(8-10-17(21)22-19)18(20-16)13-6-7-13/h5,9,11,13-14,18-20H,2-4,6-8,10H2,1H3. The van der Waals surface area contributed by atoms with Crippen LogP contribution in [0.1, 0.15) is 62.7 Å². The van der Waals surface area contributed by atoms with E-state index < -0.39 is 0 Å². The maximum atomic E-state index is 11.8. The zero-order valence-corrected chi connectivity index (χ0v) is 13.3. The van der Waals surface area contributed by atoms with E-state index in [9.17, 15) is 4.79 Å². The SMILES string of the molecule is CCCCc1ccc2c(c1)C1OC(=O)CCC1C(C1CC1)N2. The molecular formula is C19H25NO2. The van der Waals surface area contributed by atoms with Crippen molar-refractivity contribution < 1.29 is 9.53 Å². The summed E-state index contributed by atoms with van der Waals surface area (Å²) in [6.07, 6.45) is 7.70. The summed E-state index contributed by atoms with van der Waals surface area (Å²) in [5.74, 6) is 1.21. The van der Waals surface area contributed by atoms with Crippen molar-refractivity contribution in [2.24, 2.45) is 11.8 Å². The lowest BCUT2D eigenvalue weighted by molar-refractivity contribution is -0.160. The minimum absolute atomic E-state index is 0.0234. The summed E-state index contributed by atoms with van der Waals surface area (Å²) >= 11 is 0. The molecule has 2 heterocycles. The predicted octanol–water partition coefficient (Wildman–Crippen LogP) is 4.23. The first kappa shape index (κ1) is 14.1. The summed E-state index contributed by atoms with van der Waals surface area (Å²) < 4.78 is 5.81. The van der Waals surface area contributed by atoms with E-state index in [1.165, 1.54) is 42.5 Å². The van der Waals surface area contributed by atoms with Crippen molar-refractivity contribution in [1.29, 1.82) is 0 Å². The van der Waals surface area contributed by atoms with E-state index in [-0.39, 0.29) is 12.1 Å². The van der Waals surface area contributed by atoms with Gasteiger partial charge in [-0.2, -0.15) is 0 Å². The molecule has 0 spiro atoms. The highest BCUT2D eigenvalue weighted by molar-refractivity contribution is 5.72. The molecule has 1 aromatic rings. The number of hydrogen-bond donors (Lipinski definition) is 1. The zero-order chi connectivity index (χ0) is 15.1. The minimum Gasteiger partial charge on any atom is -0.457 e. The Morgan fingerprint density at radius 2 is 2.14 bits per heavy atom. The Labute approximate surface area is 132 Å². The highest BCUT2D eigenvalue weighted by Gasteiger charge is 2.47. The molecule has 118 valence electrons. The Morgan fingerprint density at radius 3 is 2.91 bits per heavy atom. The van der Waals surface area contributed by atoms with Crippen LogP contribution in [0.2, 0.25) is 0 Å². The zero-order valence-electron chi connectivity index (χ0n) is 13.3. The molecule has 0 amide bonds. The van der Waals surface area contributed by atoms with Gasteiger partial charge in [0.05, 0.1) is 0 Å². The molecule has 3 unspecified atom stereocenters. The molecule has 0 aromatic heterocycles. The van der Waals surface area contributed by atoms with Gasteiger partial charge in [0.2, 0.25) is 0 Å². The second-order valence-corrected chi connectivity index (χ2v) is 7.15. The topological polar surface area (TPSA) is 38.3 Å². The number of unbranched alkanes of at least 4 members (excludes halogenated alkanes) is 1. The summed E-state index contributed by atoms with van der Waals surface area (Å²) in [4.78, 5) is 11.8. The number of benzene rings is 1. The number of anilines is 1. The van der Waals surface area contributed by atoms with Crippen molar-refractivity contribution in [3.05, 3.63) is 29.3 Å².